The number of hydrogen-bond acceptors (Lipinski definition) is 2. The van der Waals surface area contributed by atoms with Crippen LogP contribution in [0.5, 0.6) is 0 Å². The number of benzene rings is 1. The highest BCUT2D eigenvalue weighted by atomic mass is 15.3. The predicted octanol–water partition coefficient (Wildman–Crippen LogP) is 3.21. The summed E-state index contributed by atoms with van der Waals surface area (Å²) in [5.41, 5.74) is 1.50. The van der Waals surface area contributed by atoms with Gasteiger partial charge in [-0.1, -0.05) is 36.8 Å². The molecule has 2 heteroatoms. The van der Waals surface area contributed by atoms with E-state index in [1.807, 2.05) is 0 Å². The molecule has 1 aliphatic heterocycles. The van der Waals surface area contributed by atoms with E-state index in [1.54, 1.807) is 0 Å². The molecule has 5 unspecified atom stereocenters. The Morgan fingerprint density at radius 1 is 1.10 bits per heavy atom. The fourth-order valence-electron chi connectivity index (χ4n) is 4.91. The van der Waals surface area contributed by atoms with E-state index in [0.29, 0.717) is 12.1 Å². The van der Waals surface area contributed by atoms with Gasteiger partial charge in [0.15, 0.2) is 0 Å². The molecule has 2 bridgehead atoms. The summed E-state index contributed by atoms with van der Waals surface area (Å²) in [6.07, 6.45) is 5.94. The van der Waals surface area contributed by atoms with Crippen molar-refractivity contribution >= 4 is 0 Å². The molecule has 4 rings (SSSR count). The van der Waals surface area contributed by atoms with Gasteiger partial charge in [-0.2, -0.15) is 0 Å². The number of fused-ring (bicyclic) bond motifs is 2. The summed E-state index contributed by atoms with van der Waals surface area (Å²) in [6, 6.07) is 13.2. The molecule has 5 atom stereocenters. The van der Waals surface area contributed by atoms with Crippen LogP contribution in [0.25, 0.3) is 0 Å². The second-order valence-electron chi connectivity index (χ2n) is 7.17. The molecule has 1 aromatic carbocycles. The molecule has 2 nitrogen and oxygen atoms in total. The Kier molecular flexibility index (Phi) is 3.31. The highest BCUT2D eigenvalue weighted by Crippen LogP contribution is 2.48. The van der Waals surface area contributed by atoms with E-state index in [2.05, 4.69) is 47.5 Å². The minimum atomic E-state index is 0.580. The van der Waals surface area contributed by atoms with Crippen LogP contribution in [0.15, 0.2) is 30.3 Å². The summed E-state index contributed by atoms with van der Waals surface area (Å²) in [5, 5.41) is 3.69. The van der Waals surface area contributed by atoms with Crippen molar-refractivity contribution in [3.63, 3.8) is 0 Å². The zero-order valence-electron chi connectivity index (χ0n) is 12.5. The van der Waals surface area contributed by atoms with Crippen molar-refractivity contribution in [1.29, 1.82) is 0 Å². The van der Waals surface area contributed by atoms with Crippen LogP contribution >= 0.6 is 0 Å². The monoisotopic (exact) mass is 270 g/mol. The maximum Gasteiger partial charge on any atom is 0.0476 e. The van der Waals surface area contributed by atoms with E-state index < -0.39 is 0 Å². The highest BCUT2D eigenvalue weighted by molar-refractivity contribution is 5.21. The standard InChI is InChI=1S/C18H26N2/c1-13-12-20(17-10-14-7-8-16(17)9-14)18(11-19-13)15-5-3-2-4-6-15/h2-6,13-14,16-19H,7-12H2,1H3. The van der Waals surface area contributed by atoms with Gasteiger partial charge in [0.05, 0.1) is 0 Å². The molecule has 0 spiro atoms. The Morgan fingerprint density at radius 3 is 2.65 bits per heavy atom. The third kappa shape index (κ3) is 2.19. The van der Waals surface area contributed by atoms with Crippen LogP contribution < -0.4 is 5.32 Å². The zero-order valence-corrected chi connectivity index (χ0v) is 12.5. The van der Waals surface area contributed by atoms with Gasteiger partial charge in [0, 0.05) is 31.2 Å². The minimum absolute atomic E-state index is 0.580. The van der Waals surface area contributed by atoms with Crippen LogP contribution in [0.3, 0.4) is 0 Å². The van der Waals surface area contributed by atoms with Crippen LogP contribution in [0.2, 0.25) is 0 Å². The summed E-state index contributed by atoms with van der Waals surface area (Å²) in [5.74, 6) is 2.02. The quantitative estimate of drug-likeness (QED) is 0.887. The van der Waals surface area contributed by atoms with Crippen LogP contribution in [0.4, 0.5) is 0 Å². The molecular formula is C18H26N2. The van der Waals surface area contributed by atoms with Crippen molar-refractivity contribution in [3.8, 4) is 0 Å². The van der Waals surface area contributed by atoms with Crippen molar-refractivity contribution < 1.29 is 0 Å². The van der Waals surface area contributed by atoms with E-state index >= 15 is 0 Å². The van der Waals surface area contributed by atoms with E-state index in [4.69, 9.17) is 0 Å². The van der Waals surface area contributed by atoms with Crippen LogP contribution in [-0.4, -0.2) is 30.1 Å². The van der Waals surface area contributed by atoms with Crippen LogP contribution in [-0.2, 0) is 0 Å². The maximum atomic E-state index is 3.69. The van der Waals surface area contributed by atoms with E-state index in [9.17, 15) is 0 Å². The molecule has 0 radical (unpaired) electrons. The molecule has 1 saturated heterocycles. The van der Waals surface area contributed by atoms with Gasteiger partial charge in [-0.3, -0.25) is 4.90 Å². The third-order valence-corrected chi connectivity index (χ3v) is 5.86. The van der Waals surface area contributed by atoms with Gasteiger partial charge in [-0.15, -0.1) is 0 Å². The SMILES string of the molecule is CC1CN(C2CC3CCC2C3)C(c2ccccc2)CN1. The van der Waals surface area contributed by atoms with E-state index in [-0.39, 0.29) is 0 Å². The van der Waals surface area contributed by atoms with Gasteiger partial charge in [0.25, 0.3) is 0 Å². The first kappa shape index (κ1) is 12.8. The molecule has 20 heavy (non-hydrogen) atoms. The molecular weight excluding hydrogens is 244 g/mol. The highest BCUT2D eigenvalue weighted by Gasteiger charge is 2.45. The Hall–Kier alpha value is -0.860. The number of piperazine rings is 1. The van der Waals surface area contributed by atoms with Gasteiger partial charge < -0.3 is 5.32 Å². The lowest BCUT2D eigenvalue weighted by atomic mass is 9.90. The zero-order chi connectivity index (χ0) is 13.5. The number of nitrogens with one attached hydrogen (secondary N) is 1. The first-order chi connectivity index (χ1) is 9.81. The Labute approximate surface area is 122 Å². The van der Waals surface area contributed by atoms with Gasteiger partial charge in [-0.25, -0.2) is 0 Å². The average molecular weight is 270 g/mol. The molecule has 2 aliphatic carbocycles. The summed E-state index contributed by atoms with van der Waals surface area (Å²) >= 11 is 0. The molecule has 3 fully saturated rings. The van der Waals surface area contributed by atoms with Crippen molar-refractivity contribution in [2.45, 2.75) is 50.7 Å². The first-order valence-corrected chi connectivity index (χ1v) is 8.35. The summed E-state index contributed by atoms with van der Waals surface area (Å²) in [4.78, 5) is 2.85. The first-order valence-electron chi connectivity index (χ1n) is 8.35. The Balaban J connectivity index is 1.60. The lowest BCUT2D eigenvalue weighted by Crippen LogP contribution is -2.55. The van der Waals surface area contributed by atoms with Crippen LogP contribution in [0.1, 0.15) is 44.2 Å². The lowest BCUT2D eigenvalue weighted by molar-refractivity contribution is 0.0555. The van der Waals surface area contributed by atoms with Gasteiger partial charge in [0.1, 0.15) is 0 Å². The molecule has 1 aromatic rings. The second kappa shape index (κ2) is 5.16. The number of hydrogen-bond donors (Lipinski definition) is 1. The third-order valence-electron chi connectivity index (χ3n) is 5.86. The van der Waals surface area contributed by atoms with Crippen molar-refractivity contribution in [3.05, 3.63) is 35.9 Å². The summed E-state index contributed by atoms with van der Waals surface area (Å²) < 4.78 is 0. The minimum Gasteiger partial charge on any atom is -0.311 e. The normalized spacial score (nSPS) is 41.1. The molecule has 1 N–H and O–H groups in total. The van der Waals surface area contributed by atoms with Crippen molar-refractivity contribution in [1.82, 2.24) is 10.2 Å². The molecule has 0 amide bonds. The maximum absolute atomic E-state index is 3.69. The Morgan fingerprint density at radius 2 is 1.95 bits per heavy atom. The van der Waals surface area contributed by atoms with Gasteiger partial charge in [-0.05, 0) is 43.6 Å². The van der Waals surface area contributed by atoms with Crippen LogP contribution in [0, 0.1) is 11.8 Å². The number of nitrogens with zero attached hydrogens (tertiary/aromatic N) is 1. The average Bonchev–Trinajstić information content (AvgIpc) is 3.11. The number of rotatable bonds is 2. The molecule has 3 aliphatic rings. The molecule has 0 aromatic heterocycles. The van der Waals surface area contributed by atoms with Crippen molar-refractivity contribution in [2.24, 2.45) is 11.8 Å². The smallest absolute Gasteiger partial charge is 0.0476 e. The van der Waals surface area contributed by atoms with Gasteiger partial charge in [0.2, 0.25) is 0 Å². The lowest BCUT2D eigenvalue weighted by Gasteiger charge is -2.45. The molecule has 108 valence electrons. The van der Waals surface area contributed by atoms with Gasteiger partial charge >= 0.3 is 0 Å². The largest absolute Gasteiger partial charge is 0.311 e. The Bertz CT molecular complexity index is 458. The predicted molar refractivity (Wildman–Crippen MR) is 82.6 cm³/mol. The summed E-state index contributed by atoms with van der Waals surface area (Å²) in [7, 11) is 0. The molecule has 1 heterocycles. The van der Waals surface area contributed by atoms with E-state index in [0.717, 1.165) is 24.4 Å². The topological polar surface area (TPSA) is 15.3 Å². The van der Waals surface area contributed by atoms with Crippen molar-refractivity contribution in [2.75, 3.05) is 13.1 Å². The summed E-state index contributed by atoms with van der Waals surface area (Å²) in [6.45, 7) is 4.66. The second-order valence-corrected chi connectivity index (χ2v) is 7.17. The molecule has 2 saturated carbocycles. The fraction of sp³-hybridized carbons (Fsp3) is 0.667. The van der Waals surface area contributed by atoms with E-state index in [1.165, 1.54) is 37.8 Å². The fourth-order valence-corrected chi connectivity index (χ4v) is 4.91.